The molecule has 0 unspecified atom stereocenters. The fourth-order valence-corrected chi connectivity index (χ4v) is 5.17. The molecule has 0 saturated heterocycles. The predicted molar refractivity (Wildman–Crippen MR) is 122 cm³/mol. The van der Waals surface area contributed by atoms with Crippen LogP contribution in [0.1, 0.15) is 59.0 Å². The van der Waals surface area contributed by atoms with E-state index in [1.54, 1.807) is 0 Å². The van der Waals surface area contributed by atoms with E-state index in [0.717, 1.165) is 25.3 Å². The average Bonchev–Trinajstić information content (AvgIpc) is 3.47. The molecule has 3 aromatic rings. The van der Waals surface area contributed by atoms with Gasteiger partial charge in [-0.2, -0.15) is 0 Å². The normalized spacial score (nSPS) is 24.0. The van der Waals surface area contributed by atoms with E-state index in [1.807, 2.05) is 0 Å². The quantitative estimate of drug-likeness (QED) is 0.526. The summed E-state index contributed by atoms with van der Waals surface area (Å²) in [6.45, 7) is 6.55. The smallest absolute Gasteiger partial charge is 0.0459 e. The molecule has 2 aliphatic rings. The number of fused-ring (bicyclic) bond motifs is 3. The van der Waals surface area contributed by atoms with Crippen LogP contribution in [-0.4, -0.2) is 24.1 Å². The Morgan fingerprint density at radius 1 is 1.03 bits per heavy atom. The van der Waals surface area contributed by atoms with Crippen LogP contribution in [0.2, 0.25) is 0 Å². The van der Waals surface area contributed by atoms with Crippen molar-refractivity contribution in [2.75, 3.05) is 13.1 Å². The Morgan fingerprint density at radius 3 is 2.55 bits per heavy atom. The average molecular weight is 388 g/mol. The summed E-state index contributed by atoms with van der Waals surface area (Å²) < 4.78 is 0. The highest BCUT2D eigenvalue weighted by molar-refractivity contribution is 5.86. The number of hydrogen-bond donors (Lipinski definition) is 3. The van der Waals surface area contributed by atoms with Crippen molar-refractivity contribution < 1.29 is 0 Å². The first kappa shape index (κ1) is 18.9. The van der Waals surface area contributed by atoms with Crippen molar-refractivity contribution in [1.82, 2.24) is 10.3 Å². The first-order valence-corrected chi connectivity index (χ1v) is 11.2. The Labute approximate surface area is 174 Å². The molecule has 1 fully saturated rings. The molecular weight excluding hydrogens is 354 g/mol. The van der Waals surface area contributed by atoms with Crippen molar-refractivity contribution in [2.45, 2.75) is 57.4 Å². The summed E-state index contributed by atoms with van der Waals surface area (Å²) in [5.74, 6) is 1.67. The number of aryl methyl sites for hydroxylation is 2. The molecule has 4 N–H and O–H groups in total. The zero-order valence-corrected chi connectivity index (χ0v) is 17.7. The minimum Gasteiger partial charge on any atom is -0.358 e. The second kappa shape index (κ2) is 7.62. The summed E-state index contributed by atoms with van der Waals surface area (Å²) in [6, 6.07) is 15.9. The van der Waals surface area contributed by atoms with Crippen molar-refractivity contribution in [3.63, 3.8) is 0 Å². The zero-order valence-electron chi connectivity index (χ0n) is 17.7. The first-order chi connectivity index (χ1) is 14.1. The minimum atomic E-state index is 0.146. The molecule has 0 radical (unpaired) electrons. The van der Waals surface area contributed by atoms with Gasteiger partial charge in [0.1, 0.15) is 0 Å². The predicted octanol–water partition coefficient (Wildman–Crippen LogP) is 4.93. The van der Waals surface area contributed by atoms with Gasteiger partial charge in [0.2, 0.25) is 0 Å². The van der Waals surface area contributed by atoms with Crippen molar-refractivity contribution >= 4 is 10.9 Å². The maximum Gasteiger partial charge on any atom is 0.0459 e. The molecule has 2 aliphatic carbocycles. The highest BCUT2D eigenvalue weighted by Crippen LogP contribution is 2.44. The molecule has 3 atom stereocenters. The van der Waals surface area contributed by atoms with Gasteiger partial charge < -0.3 is 16.0 Å². The lowest BCUT2D eigenvalue weighted by Crippen LogP contribution is -2.41. The van der Waals surface area contributed by atoms with Crippen LogP contribution in [0.3, 0.4) is 0 Å². The molecule has 2 aromatic carbocycles. The van der Waals surface area contributed by atoms with E-state index in [2.05, 4.69) is 66.6 Å². The number of hydrogen-bond acceptors (Lipinski definition) is 2. The van der Waals surface area contributed by atoms with Crippen LogP contribution >= 0.6 is 0 Å². The lowest BCUT2D eigenvalue weighted by molar-refractivity contribution is 0.391. The van der Waals surface area contributed by atoms with Gasteiger partial charge in [-0.1, -0.05) is 41.5 Å². The zero-order chi connectivity index (χ0) is 20.0. The number of H-pyrrole nitrogens is 1. The summed E-state index contributed by atoms with van der Waals surface area (Å²) >= 11 is 0. The molecule has 5 rings (SSSR count). The fourth-order valence-electron chi connectivity index (χ4n) is 5.17. The standard InChI is InChI=1S/C26H33N3/c1-16-3-8-19(9-4-16)21-14-24-25(22-13-17(2)5-10-23(22)29-24)20(26(21)27)11-12-28-15-18-6-7-18/h3-5,8-10,13,18,20-21,26,28-29H,6-7,11-12,14-15,27H2,1-2H3/t20-,21-,26+/m1/s1. The number of rotatable bonds is 6. The van der Waals surface area contributed by atoms with Crippen molar-refractivity contribution in [3.8, 4) is 0 Å². The SMILES string of the molecule is Cc1ccc([C@H]2Cc3[nH]c4ccc(C)cc4c3[C@@H](CCNCC3CC3)[C@@H]2N)cc1. The first-order valence-electron chi connectivity index (χ1n) is 11.2. The third-order valence-electron chi connectivity index (χ3n) is 7.07. The van der Waals surface area contributed by atoms with Crippen LogP contribution in [0.4, 0.5) is 0 Å². The van der Waals surface area contributed by atoms with Crippen LogP contribution in [0.15, 0.2) is 42.5 Å². The monoisotopic (exact) mass is 387 g/mol. The van der Waals surface area contributed by atoms with E-state index >= 15 is 0 Å². The summed E-state index contributed by atoms with van der Waals surface area (Å²) in [5, 5.41) is 5.07. The minimum absolute atomic E-state index is 0.146. The van der Waals surface area contributed by atoms with Gasteiger partial charge in [0, 0.05) is 34.5 Å². The highest BCUT2D eigenvalue weighted by atomic mass is 14.9. The Balaban J connectivity index is 1.49. The van der Waals surface area contributed by atoms with E-state index in [0.29, 0.717) is 11.8 Å². The van der Waals surface area contributed by atoms with Crippen molar-refractivity contribution in [2.24, 2.45) is 11.7 Å². The van der Waals surface area contributed by atoms with Crippen molar-refractivity contribution in [1.29, 1.82) is 0 Å². The molecule has 0 spiro atoms. The Bertz CT molecular complexity index is 997. The molecule has 1 heterocycles. The number of nitrogens with one attached hydrogen (secondary N) is 2. The second-order valence-electron chi connectivity index (χ2n) is 9.41. The molecule has 152 valence electrons. The topological polar surface area (TPSA) is 53.8 Å². The molecule has 3 heteroatoms. The van der Waals surface area contributed by atoms with E-state index in [9.17, 15) is 0 Å². The Kier molecular flexibility index (Phi) is 4.97. The van der Waals surface area contributed by atoms with Gasteiger partial charge in [-0.05, 0) is 81.8 Å². The summed E-state index contributed by atoms with van der Waals surface area (Å²) in [4.78, 5) is 3.75. The second-order valence-corrected chi connectivity index (χ2v) is 9.41. The lowest BCUT2D eigenvalue weighted by atomic mass is 9.71. The van der Waals surface area contributed by atoms with Gasteiger partial charge in [-0.15, -0.1) is 0 Å². The number of aromatic amines is 1. The maximum atomic E-state index is 7.01. The van der Waals surface area contributed by atoms with E-state index in [-0.39, 0.29) is 6.04 Å². The molecular formula is C26H33N3. The van der Waals surface area contributed by atoms with E-state index in [1.165, 1.54) is 58.2 Å². The van der Waals surface area contributed by atoms with Crippen LogP contribution < -0.4 is 11.1 Å². The summed E-state index contributed by atoms with van der Waals surface area (Å²) in [5.41, 5.74) is 15.1. The third kappa shape index (κ3) is 3.74. The van der Waals surface area contributed by atoms with Gasteiger partial charge in [0.05, 0.1) is 0 Å². The maximum absolute atomic E-state index is 7.01. The fraction of sp³-hybridized carbons (Fsp3) is 0.462. The van der Waals surface area contributed by atoms with Crippen LogP contribution in [0.25, 0.3) is 10.9 Å². The molecule has 1 aromatic heterocycles. The van der Waals surface area contributed by atoms with E-state index in [4.69, 9.17) is 5.73 Å². The van der Waals surface area contributed by atoms with Gasteiger partial charge in [-0.3, -0.25) is 0 Å². The molecule has 0 aliphatic heterocycles. The number of nitrogens with two attached hydrogens (primary N) is 1. The van der Waals surface area contributed by atoms with Gasteiger partial charge >= 0.3 is 0 Å². The highest BCUT2D eigenvalue weighted by Gasteiger charge is 2.37. The molecule has 3 nitrogen and oxygen atoms in total. The van der Waals surface area contributed by atoms with Crippen LogP contribution in [0.5, 0.6) is 0 Å². The van der Waals surface area contributed by atoms with E-state index < -0.39 is 0 Å². The number of aromatic nitrogens is 1. The van der Waals surface area contributed by atoms with Crippen LogP contribution in [0, 0.1) is 19.8 Å². The molecule has 29 heavy (non-hydrogen) atoms. The summed E-state index contributed by atoms with van der Waals surface area (Å²) in [7, 11) is 0. The molecule has 1 saturated carbocycles. The number of benzene rings is 2. The third-order valence-corrected chi connectivity index (χ3v) is 7.07. The Morgan fingerprint density at radius 2 is 1.79 bits per heavy atom. The van der Waals surface area contributed by atoms with Gasteiger partial charge in [0.25, 0.3) is 0 Å². The van der Waals surface area contributed by atoms with Gasteiger partial charge in [0.15, 0.2) is 0 Å². The van der Waals surface area contributed by atoms with Crippen LogP contribution in [-0.2, 0) is 6.42 Å². The Hall–Kier alpha value is -2.10. The van der Waals surface area contributed by atoms with Gasteiger partial charge in [-0.25, -0.2) is 0 Å². The molecule has 0 bridgehead atoms. The van der Waals surface area contributed by atoms with Crippen molar-refractivity contribution in [3.05, 3.63) is 70.4 Å². The largest absolute Gasteiger partial charge is 0.358 e. The lowest BCUT2D eigenvalue weighted by Gasteiger charge is -2.37. The summed E-state index contributed by atoms with van der Waals surface area (Å²) in [6.07, 6.45) is 4.90. The molecule has 0 amide bonds.